The Labute approximate surface area is 135 Å². The fourth-order valence-corrected chi connectivity index (χ4v) is 2.83. The number of carbonyl (C=O) groups is 2. The van der Waals surface area contributed by atoms with Crippen molar-refractivity contribution in [3.05, 3.63) is 54.0 Å². The van der Waals surface area contributed by atoms with E-state index in [4.69, 9.17) is 4.42 Å². The van der Waals surface area contributed by atoms with E-state index >= 15 is 0 Å². The normalized spacial score (nSPS) is 15.7. The van der Waals surface area contributed by atoms with E-state index in [2.05, 4.69) is 0 Å². The van der Waals surface area contributed by atoms with Gasteiger partial charge in [-0.25, -0.2) is 0 Å². The van der Waals surface area contributed by atoms with Crippen LogP contribution in [0.4, 0.5) is 5.69 Å². The molecule has 1 fully saturated rings. The third-order valence-electron chi connectivity index (χ3n) is 4.33. The lowest BCUT2D eigenvalue weighted by molar-refractivity contribution is -0.117. The van der Waals surface area contributed by atoms with Crippen LogP contribution in [-0.4, -0.2) is 30.3 Å². The van der Waals surface area contributed by atoms with Gasteiger partial charge in [-0.05, 0) is 43.7 Å². The summed E-state index contributed by atoms with van der Waals surface area (Å²) in [5, 5.41) is 0. The van der Waals surface area contributed by atoms with Crippen LogP contribution in [0.25, 0.3) is 0 Å². The zero-order chi connectivity index (χ0) is 16.4. The number of benzene rings is 1. The SMILES string of the molecule is CC(c1ccco1)N(C)C(=O)c1cccc(N2CCCC2=O)c1. The van der Waals surface area contributed by atoms with Crippen molar-refractivity contribution in [1.82, 2.24) is 4.90 Å². The summed E-state index contributed by atoms with van der Waals surface area (Å²) in [6.45, 7) is 2.64. The summed E-state index contributed by atoms with van der Waals surface area (Å²) < 4.78 is 5.37. The number of amides is 2. The lowest BCUT2D eigenvalue weighted by Gasteiger charge is -2.24. The summed E-state index contributed by atoms with van der Waals surface area (Å²) in [6.07, 6.45) is 3.05. The van der Waals surface area contributed by atoms with Gasteiger partial charge in [0, 0.05) is 31.3 Å². The molecule has 3 rings (SSSR count). The highest BCUT2D eigenvalue weighted by atomic mass is 16.3. The van der Waals surface area contributed by atoms with Crippen LogP contribution in [0.2, 0.25) is 0 Å². The van der Waals surface area contributed by atoms with Crippen molar-refractivity contribution in [3.8, 4) is 0 Å². The van der Waals surface area contributed by atoms with E-state index in [1.54, 1.807) is 35.2 Å². The van der Waals surface area contributed by atoms with Crippen molar-refractivity contribution in [2.24, 2.45) is 0 Å². The van der Waals surface area contributed by atoms with Crippen molar-refractivity contribution in [2.45, 2.75) is 25.8 Å². The van der Waals surface area contributed by atoms with E-state index in [9.17, 15) is 9.59 Å². The van der Waals surface area contributed by atoms with Gasteiger partial charge in [0.05, 0.1) is 12.3 Å². The van der Waals surface area contributed by atoms with Crippen molar-refractivity contribution >= 4 is 17.5 Å². The van der Waals surface area contributed by atoms with Crippen LogP contribution in [0.15, 0.2) is 47.1 Å². The number of nitrogens with zero attached hydrogens (tertiary/aromatic N) is 2. The summed E-state index contributed by atoms with van der Waals surface area (Å²) in [4.78, 5) is 28.0. The highest BCUT2D eigenvalue weighted by molar-refractivity contribution is 5.99. The first kappa shape index (κ1) is 15.3. The molecule has 0 spiro atoms. The fourth-order valence-electron chi connectivity index (χ4n) is 2.83. The second kappa shape index (κ2) is 6.28. The summed E-state index contributed by atoms with van der Waals surface area (Å²) in [7, 11) is 1.75. The quantitative estimate of drug-likeness (QED) is 0.871. The van der Waals surface area contributed by atoms with Gasteiger partial charge < -0.3 is 14.2 Å². The van der Waals surface area contributed by atoms with E-state index in [0.29, 0.717) is 12.0 Å². The molecular weight excluding hydrogens is 292 g/mol. The summed E-state index contributed by atoms with van der Waals surface area (Å²) >= 11 is 0. The minimum atomic E-state index is -0.158. The van der Waals surface area contributed by atoms with E-state index < -0.39 is 0 Å². The molecule has 0 saturated carbocycles. The average Bonchev–Trinajstić information content (AvgIpc) is 3.24. The zero-order valence-corrected chi connectivity index (χ0v) is 13.4. The first-order chi connectivity index (χ1) is 11.1. The van der Waals surface area contributed by atoms with Crippen molar-refractivity contribution < 1.29 is 14.0 Å². The topological polar surface area (TPSA) is 53.8 Å². The summed E-state index contributed by atoms with van der Waals surface area (Å²) in [5.41, 5.74) is 1.36. The highest BCUT2D eigenvalue weighted by Crippen LogP contribution is 2.25. The average molecular weight is 312 g/mol. The van der Waals surface area contributed by atoms with Gasteiger partial charge in [-0.1, -0.05) is 6.07 Å². The number of hydrogen-bond donors (Lipinski definition) is 0. The molecule has 120 valence electrons. The Morgan fingerprint density at radius 2 is 2.13 bits per heavy atom. The second-order valence-corrected chi connectivity index (χ2v) is 5.81. The van der Waals surface area contributed by atoms with E-state index in [1.165, 1.54) is 0 Å². The maximum Gasteiger partial charge on any atom is 0.254 e. The Kier molecular flexibility index (Phi) is 4.19. The van der Waals surface area contributed by atoms with Crippen LogP contribution >= 0.6 is 0 Å². The number of anilines is 1. The van der Waals surface area contributed by atoms with Crippen molar-refractivity contribution in [1.29, 1.82) is 0 Å². The zero-order valence-electron chi connectivity index (χ0n) is 13.4. The summed E-state index contributed by atoms with van der Waals surface area (Å²) in [5.74, 6) is 0.765. The molecule has 5 nitrogen and oxygen atoms in total. The Morgan fingerprint density at radius 1 is 1.30 bits per heavy atom. The Balaban J connectivity index is 1.81. The van der Waals surface area contributed by atoms with Gasteiger partial charge in [-0.3, -0.25) is 9.59 Å². The summed E-state index contributed by atoms with van der Waals surface area (Å²) in [6, 6.07) is 10.8. The van der Waals surface area contributed by atoms with E-state index in [0.717, 1.165) is 24.4 Å². The molecule has 0 N–H and O–H groups in total. The lowest BCUT2D eigenvalue weighted by atomic mass is 10.1. The molecule has 0 radical (unpaired) electrons. The van der Waals surface area contributed by atoms with E-state index in [-0.39, 0.29) is 17.9 Å². The molecule has 5 heteroatoms. The monoisotopic (exact) mass is 312 g/mol. The molecule has 23 heavy (non-hydrogen) atoms. The third kappa shape index (κ3) is 2.99. The Morgan fingerprint density at radius 3 is 2.78 bits per heavy atom. The Hall–Kier alpha value is -2.56. The lowest BCUT2D eigenvalue weighted by Crippen LogP contribution is -2.30. The maximum atomic E-state index is 12.7. The molecule has 1 aromatic heterocycles. The minimum Gasteiger partial charge on any atom is -0.467 e. The number of furan rings is 1. The predicted octanol–water partition coefficient (Wildman–Crippen LogP) is 3.24. The minimum absolute atomic E-state index is 0.0950. The molecule has 2 aromatic rings. The van der Waals surface area contributed by atoms with Crippen LogP contribution in [0.3, 0.4) is 0 Å². The molecular formula is C18H20N2O3. The fraction of sp³-hybridized carbons (Fsp3) is 0.333. The molecule has 2 heterocycles. The van der Waals surface area contributed by atoms with Crippen LogP contribution in [-0.2, 0) is 4.79 Å². The molecule has 1 saturated heterocycles. The van der Waals surface area contributed by atoms with Crippen molar-refractivity contribution in [3.63, 3.8) is 0 Å². The number of hydrogen-bond acceptors (Lipinski definition) is 3. The molecule has 1 aliphatic heterocycles. The predicted molar refractivity (Wildman–Crippen MR) is 87.2 cm³/mol. The van der Waals surface area contributed by atoms with Crippen LogP contribution in [0.5, 0.6) is 0 Å². The largest absolute Gasteiger partial charge is 0.467 e. The molecule has 1 unspecified atom stereocenters. The van der Waals surface area contributed by atoms with Crippen molar-refractivity contribution in [2.75, 3.05) is 18.5 Å². The van der Waals surface area contributed by atoms with Gasteiger partial charge in [0.15, 0.2) is 0 Å². The van der Waals surface area contributed by atoms with Gasteiger partial charge in [-0.2, -0.15) is 0 Å². The number of carbonyl (C=O) groups excluding carboxylic acids is 2. The van der Waals surface area contributed by atoms with Crippen LogP contribution in [0, 0.1) is 0 Å². The molecule has 1 aromatic carbocycles. The van der Waals surface area contributed by atoms with Crippen LogP contribution in [0.1, 0.15) is 41.9 Å². The second-order valence-electron chi connectivity index (χ2n) is 5.81. The third-order valence-corrected chi connectivity index (χ3v) is 4.33. The standard InChI is InChI=1S/C18H20N2O3/c1-13(16-8-5-11-23-16)19(2)18(22)14-6-3-7-15(12-14)20-10-4-9-17(20)21/h3,5-8,11-13H,4,9-10H2,1-2H3. The highest BCUT2D eigenvalue weighted by Gasteiger charge is 2.24. The molecule has 1 aliphatic rings. The number of rotatable bonds is 4. The smallest absolute Gasteiger partial charge is 0.254 e. The van der Waals surface area contributed by atoms with Gasteiger partial charge in [0.2, 0.25) is 5.91 Å². The van der Waals surface area contributed by atoms with E-state index in [1.807, 2.05) is 31.2 Å². The first-order valence-corrected chi connectivity index (χ1v) is 7.79. The van der Waals surface area contributed by atoms with Gasteiger partial charge in [0.25, 0.3) is 5.91 Å². The van der Waals surface area contributed by atoms with Crippen LogP contribution < -0.4 is 4.90 Å². The Bertz CT molecular complexity index is 709. The first-order valence-electron chi connectivity index (χ1n) is 7.79. The molecule has 2 amide bonds. The van der Waals surface area contributed by atoms with Gasteiger partial charge >= 0.3 is 0 Å². The maximum absolute atomic E-state index is 12.7. The molecule has 0 bridgehead atoms. The molecule has 1 atom stereocenters. The van der Waals surface area contributed by atoms with Gasteiger partial charge in [0.1, 0.15) is 5.76 Å². The van der Waals surface area contributed by atoms with Gasteiger partial charge in [-0.15, -0.1) is 0 Å². The molecule has 0 aliphatic carbocycles.